The fourth-order valence-electron chi connectivity index (χ4n) is 5.25. The number of carboxylic acid groups (broad SMARTS) is 1. The average Bonchev–Trinajstić information content (AvgIpc) is 3.33. The first-order chi connectivity index (χ1) is 13.6. The molecule has 1 saturated heterocycles. The third-order valence-electron chi connectivity index (χ3n) is 6.42. The van der Waals surface area contributed by atoms with Crippen molar-refractivity contribution >= 4 is 12.1 Å². The third-order valence-corrected chi connectivity index (χ3v) is 6.42. The lowest BCUT2D eigenvalue weighted by molar-refractivity contribution is -0.142. The summed E-state index contributed by atoms with van der Waals surface area (Å²) in [6.45, 7) is 0.397. The van der Waals surface area contributed by atoms with E-state index in [4.69, 9.17) is 4.74 Å². The molecule has 28 heavy (non-hydrogen) atoms. The van der Waals surface area contributed by atoms with Crippen molar-refractivity contribution in [1.82, 2.24) is 4.90 Å². The van der Waals surface area contributed by atoms with E-state index in [1.54, 1.807) is 0 Å². The summed E-state index contributed by atoms with van der Waals surface area (Å²) in [7, 11) is 0. The highest BCUT2D eigenvalue weighted by Gasteiger charge is 2.58. The molecule has 1 amide bonds. The number of carbonyl (C=O) groups is 2. The van der Waals surface area contributed by atoms with Gasteiger partial charge in [0, 0.05) is 12.5 Å². The quantitative estimate of drug-likeness (QED) is 0.881. The van der Waals surface area contributed by atoms with Crippen LogP contribution < -0.4 is 0 Å². The predicted octanol–water partition coefficient (Wildman–Crippen LogP) is 3.68. The van der Waals surface area contributed by atoms with Gasteiger partial charge in [-0.15, -0.1) is 0 Å². The Hall–Kier alpha value is -2.89. The van der Waals surface area contributed by atoms with E-state index in [2.05, 4.69) is 12.1 Å². The minimum Gasteiger partial charge on any atom is -0.481 e. The molecule has 0 spiro atoms. The van der Waals surface area contributed by atoms with Crippen LogP contribution in [0.1, 0.15) is 23.5 Å². The van der Waals surface area contributed by atoms with E-state index in [9.17, 15) is 19.1 Å². The zero-order chi connectivity index (χ0) is 19.4. The molecule has 1 saturated carbocycles. The normalized spacial score (nSPS) is 27.5. The minimum atomic E-state index is -1.31. The Kier molecular flexibility index (Phi) is 3.89. The van der Waals surface area contributed by atoms with Crippen molar-refractivity contribution in [3.05, 3.63) is 59.7 Å². The summed E-state index contributed by atoms with van der Waals surface area (Å²) >= 11 is 0. The molecule has 2 bridgehead atoms. The Labute approximate surface area is 161 Å². The van der Waals surface area contributed by atoms with E-state index >= 15 is 0 Å². The van der Waals surface area contributed by atoms with E-state index in [1.807, 2.05) is 36.4 Å². The first-order valence-corrected chi connectivity index (χ1v) is 9.54. The number of carbonyl (C=O) groups excluding carboxylic acids is 1. The molecular weight excluding hydrogens is 361 g/mol. The summed E-state index contributed by atoms with van der Waals surface area (Å²) in [6, 6.07) is 15.2. The fraction of sp³-hybridized carbons (Fsp3) is 0.364. The summed E-state index contributed by atoms with van der Waals surface area (Å²) in [4.78, 5) is 25.4. The lowest BCUT2D eigenvalue weighted by Crippen LogP contribution is -2.45. The van der Waals surface area contributed by atoms with Gasteiger partial charge < -0.3 is 14.7 Å². The number of ether oxygens (including phenoxy) is 1. The number of benzene rings is 2. The van der Waals surface area contributed by atoms with Crippen LogP contribution in [0.15, 0.2) is 48.5 Å². The lowest BCUT2D eigenvalue weighted by Gasteiger charge is -2.29. The number of piperidine rings is 1. The molecule has 144 valence electrons. The molecule has 2 aromatic carbocycles. The summed E-state index contributed by atoms with van der Waals surface area (Å²) in [5.41, 5.74) is 4.47. The minimum absolute atomic E-state index is 0.0763. The molecule has 1 N–H and O–H groups in total. The second-order valence-electron chi connectivity index (χ2n) is 7.82. The maximum atomic E-state index is 14.3. The van der Waals surface area contributed by atoms with Gasteiger partial charge in [-0.1, -0.05) is 48.5 Å². The summed E-state index contributed by atoms with van der Waals surface area (Å²) in [5.74, 6) is -2.29. The number of aliphatic carboxylic acids is 1. The second-order valence-corrected chi connectivity index (χ2v) is 7.82. The SMILES string of the molecule is O=C(O)[C@@H]1[C@@H]2C[C@@H](F)[C@H]1N(C(=O)OCC1c3ccccc3-c3ccccc31)C2. The van der Waals surface area contributed by atoms with Gasteiger partial charge in [-0.25, -0.2) is 9.18 Å². The number of likely N-dealkylation sites (tertiary alicyclic amines) is 1. The molecule has 1 heterocycles. The van der Waals surface area contributed by atoms with Crippen molar-refractivity contribution in [2.75, 3.05) is 13.2 Å². The maximum Gasteiger partial charge on any atom is 0.410 e. The Balaban J connectivity index is 1.35. The van der Waals surface area contributed by atoms with Gasteiger partial charge in [0.25, 0.3) is 0 Å². The Morgan fingerprint density at radius 1 is 1.07 bits per heavy atom. The van der Waals surface area contributed by atoms with Gasteiger partial charge >= 0.3 is 12.1 Å². The van der Waals surface area contributed by atoms with E-state index in [-0.39, 0.29) is 31.4 Å². The van der Waals surface area contributed by atoms with Crippen molar-refractivity contribution in [2.45, 2.75) is 24.6 Å². The van der Waals surface area contributed by atoms with Crippen molar-refractivity contribution in [3.8, 4) is 11.1 Å². The Morgan fingerprint density at radius 2 is 1.68 bits per heavy atom. The van der Waals surface area contributed by atoms with E-state index in [0.29, 0.717) is 0 Å². The van der Waals surface area contributed by atoms with Crippen LogP contribution in [0.25, 0.3) is 11.1 Å². The standard InChI is InChI=1S/C22H20FNO4/c23-18-9-12-10-24(20(18)19(12)21(25)26)22(27)28-11-17-15-7-3-1-5-13(15)14-6-2-4-8-16(14)17/h1-8,12,17-20H,9-11H2,(H,25,26)/t12-,18-,19-,20-/m1/s1. The molecular formula is C22H20FNO4. The molecule has 0 unspecified atom stereocenters. The number of nitrogens with zero attached hydrogens (tertiary/aromatic N) is 1. The molecule has 6 heteroatoms. The molecule has 2 aliphatic carbocycles. The van der Waals surface area contributed by atoms with Gasteiger partial charge in [0.1, 0.15) is 12.8 Å². The summed E-state index contributed by atoms with van der Waals surface area (Å²) < 4.78 is 19.8. The molecule has 5 nitrogen and oxygen atoms in total. The highest BCUT2D eigenvalue weighted by molar-refractivity contribution is 5.79. The number of alkyl halides is 1. The topological polar surface area (TPSA) is 66.8 Å². The van der Waals surface area contributed by atoms with Crippen LogP contribution in [0.3, 0.4) is 0 Å². The molecule has 5 rings (SSSR count). The van der Waals surface area contributed by atoms with Crippen LogP contribution in [0.5, 0.6) is 0 Å². The molecule has 1 aliphatic heterocycles. The van der Waals surface area contributed by atoms with E-state index in [0.717, 1.165) is 22.3 Å². The number of hydrogen-bond acceptors (Lipinski definition) is 3. The van der Waals surface area contributed by atoms with Crippen LogP contribution in [0.4, 0.5) is 9.18 Å². The van der Waals surface area contributed by atoms with Gasteiger partial charge in [-0.05, 0) is 34.6 Å². The highest BCUT2D eigenvalue weighted by Crippen LogP contribution is 2.46. The van der Waals surface area contributed by atoms with Crippen LogP contribution in [0.2, 0.25) is 0 Å². The number of amides is 1. The molecule has 4 atom stereocenters. The van der Waals surface area contributed by atoms with Crippen molar-refractivity contribution in [2.24, 2.45) is 11.8 Å². The van der Waals surface area contributed by atoms with E-state index in [1.165, 1.54) is 4.90 Å². The van der Waals surface area contributed by atoms with Crippen LogP contribution in [0, 0.1) is 11.8 Å². The zero-order valence-corrected chi connectivity index (χ0v) is 15.1. The average molecular weight is 381 g/mol. The molecule has 0 radical (unpaired) electrons. The second kappa shape index (κ2) is 6.33. The monoisotopic (exact) mass is 381 g/mol. The van der Waals surface area contributed by atoms with Gasteiger partial charge in [0.05, 0.1) is 12.0 Å². The van der Waals surface area contributed by atoms with Crippen LogP contribution >= 0.6 is 0 Å². The van der Waals surface area contributed by atoms with Crippen molar-refractivity contribution in [1.29, 1.82) is 0 Å². The number of carboxylic acids is 1. The first-order valence-electron chi connectivity index (χ1n) is 9.54. The summed E-state index contributed by atoms with van der Waals surface area (Å²) in [6.07, 6.45) is -1.72. The smallest absolute Gasteiger partial charge is 0.410 e. The number of halogens is 1. The van der Waals surface area contributed by atoms with Crippen molar-refractivity contribution < 1.29 is 23.8 Å². The highest BCUT2D eigenvalue weighted by atomic mass is 19.1. The lowest BCUT2D eigenvalue weighted by atomic mass is 9.98. The molecule has 3 aliphatic rings. The van der Waals surface area contributed by atoms with Gasteiger partial charge in [0.15, 0.2) is 0 Å². The fourth-order valence-corrected chi connectivity index (χ4v) is 5.25. The predicted molar refractivity (Wildman–Crippen MR) is 99.7 cm³/mol. The molecule has 2 fully saturated rings. The number of fused-ring (bicyclic) bond motifs is 5. The number of rotatable bonds is 3. The third kappa shape index (κ3) is 2.44. The maximum absolute atomic E-state index is 14.3. The molecule has 2 aromatic rings. The summed E-state index contributed by atoms with van der Waals surface area (Å²) in [5, 5.41) is 9.39. The van der Waals surface area contributed by atoms with Crippen molar-refractivity contribution in [3.63, 3.8) is 0 Å². The largest absolute Gasteiger partial charge is 0.481 e. The van der Waals surface area contributed by atoms with Crippen LogP contribution in [-0.4, -0.2) is 47.4 Å². The van der Waals surface area contributed by atoms with Gasteiger partial charge in [0.2, 0.25) is 0 Å². The number of hydrogen-bond donors (Lipinski definition) is 1. The Morgan fingerprint density at radius 3 is 2.25 bits per heavy atom. The Bertz CT molecular complexity index is 916. The van der Waals surface area contributed by atoms with E-state index < -0.39 is 30.2 Å². The van der Waals surface area contributed by atoms with Crippen LogP contribution in [-0.2, 0) is 9.53 Å². The molecule has 0 aromatic heterocycles. The first kappa shape index (κ1) is 17.2. The van der Waals surface area contributed by atoms with Gasteiger partial charge in [-0.3, -0.25) is 4.79 Å². The van der Waals surface area contributed by atoms with Gasteiger partial charge in [-0.2, -0.15) is 0 Å². The zero-order valence-electron chi connectivity index (χ0n) is 15.1.